The van der Waals surface area contributed by atoms with Gasteiger partial charge in [0.15, 0.2) is 0 Å². The van der Waals surface area contributed by atoms with Gasteiger partial charge in [0.05, 0.1) is 7.11 Å². The first-order chi connectivity index (χ1) is 9.34. The fraction of sp³-hybridized carbons (Fsp3) is 0.750. The Morgan fingerprint density at radius 3 is 2.50 bits per heavy atom. The number of carbonyl (C=O) groups excluding carboxylic acids is 3. The third-order valence-electron chi connectivity index (χ3n) is 3.29. The van der Waals surface area contributed by atoms with Gasteiger partial charge in [-0.2, -0.15) is 11.8 Å². The molecule has 3 N–H and O–H groups in total. The maximum atomic E-state index is 12.3. The number of primary amides is 1. The number of nitrogens with two attached hydrogens (primary N) is 1. The molecule has 0 spiro atoms. The van der Waals surface area contributed by atoms with E-state index in [1.165, 1.54) is 12.0 Å². The third kappa shape index (κ3) is 3.78. The van der Waals surface area contributed by atoms with Gasteiger partial charge < -0.3 is 20.7 Å². The van der Waals surface area contributed by atoms with Crippen molar-refractivity contribution in [3.63, 3.8) is 0 Å². The number of nitrogens with zero attached hydrogens (tertiary/aromatic N) is 1. The number of amides is 3. The van der Waals surface area contributed by atoms with Gasteiger partial charge in [-0.05, 0) is 25.4 Å². The Balaban J connectivity index is 2.59. The topological polar surface area (TPSA) is 102 Å². The molecule has 1 rings (SSSR count). The number of urea groups is 1. The van der Waals surface area contributed by atoms with Crippen molar-refractivity contribution < 1.29 is 19.1 Å². The van der Waals surface area contributed by atoms with Crippen molar-refractivity contribution in [2.45, 2.75) is 19.4 Å². The predicted octanol–water partition coefficient (Wildman–Crippen LogP) is -0.202. The van der Waals surface area contributed by atoms with E-state index < -0.39 is 17.5 Å². The Hall–Kier alpha value is -1.44. The Morgan fingerprint density at radius 2 is 2.05 bits per heavy atom. The van der Waals surface area contributed by atoms with Crippen LogP contribution in [-0.4, -0.2) is 61.1 Å². The zero-order valence-electron chi connectivity index (χ0n) is 12.0. The SMILES string of the molecule is COC(=O)C1(C)CN(C(=O)[C@H](CCSC)NC(N)=O)C1. The van der Waals surface area contributed by atoms with Crippen LogP contribution in [0.25, 0.3) is 0 Å². The summed E-state index contributed by atoms with van der Waals surface area (Å²) < 4.78 is 4.71. The number of thioether (sulfide) groups is 1. The molecule has 0 unspecified atom stereocenters. The van der Waals surface area contributed by atoms with Crippen LogP contribution >= 0.6 is 11.8 Å². The number of nitrogens with one attached hydrogen (secondary N) is 1. The number of hydrogen-bond acceptors (Lipinski definition) is 5. The zero-order chi connectivity index (χ0) is 15.3. The monoisotopic (exact) mass is 303 g/mol. The molecule has 1 aliphatic heterocycles. The van der Waals surface area contributed by atoms with Crippen LogP contribution in [0.2, 0.25) is 0 Å². The van der Waals surface area contributed by atoms with Gasteiger partial charge in [-0.25, -0.2) is 4.79 Å². The van der Waals surface area contributed by atoms with Crippen LogP contribution in [-0.2, 0) is 14.3 Å². The molecule has 7 nitrogen and oxygen atoms in total. The Bertz CT molecular complexity index is 396. The number of methoxy groups -OCH3 is 1. The third-order valence-corrected chi connectivity index (χ3v) is 3.94. The lowest BCUT2D eigenvalue weighted by atomic mass is 9.81. The number of likely N-dealkylation sites (tertiary alicyclic amines) is 1. The van der Waals surface area contributed by atoms with Crippen molar-refractivity contribution in [2.75, 3.05) is 32.2 Å². The molecule has 0 aromatic carbocycles. The molecule has 20 heavy (non-hydrogen) atoms. The quantitative estimate of drug-likeness (QED) is 0.662. The maximum absolute atomic E-state index is 12.3. The Labute approximate surface area is 122 Å². The van der Waals surface area contributed by atoms with Gasteiger partial charge in [-0.1, -0.05) is 0 Å². The van der Waals surface area contributed by atoms with Crippen LogP contribution in [0.4, 0.5) is 4.79 Å². The van der Waals surface area contributed by atoms with E-state index in [2.05, 4.69) is 5.32 Å². The zero-order valence-corrected chi connectivity index (χ0v) is 12.8. The standard InChI is InChI=1S/C12H21N3O4S/c1-12(10(17)19-2)6-15(7-12)9(16)8(4-5-20-3)14-11(13)18/h8H,4-7H2,1-3H3,(H3,13,14,18)/t8-/m0/s1. The highest BCUT2D eigenvalue weighted by molar-refractivity contribution is 7.98. The van der Waals surface area contributed by atoms with Crippen molar-refractivity contribution in [3.05, 3.63) is 0 Å². The van der Waals surface area contributed by atoms with Gasteiger partial charge in [0.1, 0.15) is 11.5 Å². The Morgan fingerprint density at radius 1 is 1.45 bits per heavy atom. The van der Waals surface area contributed by atoms with E-state index in [9.17, 15) is 14.4 Å². The minimum atomic E-state index is -0.722. The van der Waals surface area contributed by atoms with Crippen LogP contribution in [0.15, 0.2) is 0 Å². The van der Waals surface area contributed by atoms with Crippen LogP contribution in [0.1, 0.15) is 13.3 Å². The first-order valence-electron chi connectivity index (χ1n) is 6.26. The highest BCUT2D eigenvalue weighted by Gasteiger charge is 2.49. The summed E-state index contributed by atoms with van der Waals surface area (Å²) in [4.78, 5) is 36.3. The molecule has 0 bridgehead atoms. The first kappa shape index (κ1) is 16.6. The van der Waals surface area contributed by atoms with E-state index in [1.54, 1.807) is 18.7 Å². The fourth-order valence-electron chi connectivity index (χ4n) is 2.21. The maximum Gasteiger partial charge on any atom is 0.315 e. The lowest BCUT2D eigenvalue weighted by molar-refractivity contribution is -0.167. The summed E-state index contributed by atoms with van der Waals surface area (Å²) in [7, 11) is 1.33. The second-order valence-electron chi connectivity index (χ2n) is 5.09. The summed E-state index contributed by atoms with van der Waals surface area (Å²) in [6.45, 7) is 2.35. The van der Waals surface area contributed by atoms with Crippen LogP contribution in [0, 0.1) is 5.41 Å². The van der Waals surface area contributed by atoms with E-state index in [4.69, 9.17) is 10.5 Å². The van der Waals surface area contributed by atoms with Gasteiger partial charge in [0.25, 0.3) is 0 Å². The molecule has 114 valence electrons. The smallest absolute Gasteiger partial charge is 0.315 e. The fourth-order valence-corrected chi connectivity index (χ4v) is 2.68. The number of carbonyl (C=O) groups is 3. The lowest BCUT2D eigenvalue weighted by Gasteiger charge is -2.46. The molecule has 1 atom stereocenters. The number of hydrogen-bond donors (Lipinski definition) is 2. The number of rotatable bonds is 6. The van der Waals surface area contributed by atoms with E-state index in [1.807, 2.05) is 6.26 Å². The van der Waals surface area contributed by atoms with E-state index in [0.29, 0.717) is 19.5 Å². The second kappa shape index (κ2) is 6.83. The second-order valence-corrected chi connectivity index (χ2v) is 6.07. The average Bonchev–Trinajstić information content (AvgIpc) is 2.37. The van der Waals surface area contributed by atoms with Gasteiger partial charge in [-0.3, -0.25) is 9.59 Å². The first-order valence-corrected chi connectivity index (χ1v) is 7.65. The van der Waals surface area contributed by atoms with E-state index in [-0.39, 0.29) is 11.9 Å². The minimum absolute atomic E-state index is 0.209. The summed E-state index contributed by atoms with van der Waals surface area (Å²) >= 11 is 1.58. The summed E-state index contributed by atoms with van der Waals surface area (Å²) in [5, 5.41) is 2.45. The highest BCUT2D eigenvalue weighted by atomic mass is 32.2. The summed E-state index contributed by atoms with van der Waals surface area (Å²) in [6, 6.07) is -1.36. The Kier molecular flexibility index (Phi) is 5.67. The van der Waals surface area contributed by atoms with Crippen LogP contribution in [0.3, 0.4) is 0 Å². The van der Waals surface area contributed by atoms with Gasteiger partial charge in [0, 0.05) is 13.1 Å². The number of esters is 1. The molecule has 8 heteroatoms. The van der Waals surface area contributed by atoms with Crippen molar-refractivity contribution >= 4 is 29.7 Å². The molecule has 1 fully saturated rings. The molecule has 0 saturated carbocycles. The minimum Gasteiger partial charge on any atom is -0.468 e. The van der Waals surface area contributed by atoms with Gasteiger partial charge in [-0.15, -0.1) is 0 Å². The summed E-state index contributed by atoms with van der Waals surface area (Å²) in [6.07, 6.45) is 2.43. The molecular weight excluding hydrogens is 282 g/mol. The van der Waals surface area contributed by atoms with Crippen LogP contribution in [0.5, 0.6) is 0 Å². The predicted molar refractivity (Wildman–Crippen MR) is 76.2 cm³/mol. The molecule has 1 heterocycles. The molecule has 0 aliphatic carbocycles. The number of ether oxygens (including phenoxy) is 1. The highest BCUT2D eigenvalue weighted by Crippen LogP contribution is 2.31. The largest absolute Gasteiger partial charge is 0.468 e. The van der Waals surface area contributed by atoms with Crippen molar-refractivity contribution in [2.24, 2.45) is 11.1 Å². The van der Waals surface area contributed by atoms with Crippen molar-refractivity contribution in [1.82, 2.24) is 10.2 Å². The molecule has 3 amide bonds. The summed E-state index contributed by atoms with van der Waals surface area (Å²) in [5.41, 5.74) is 4.43. The summed E-state index contributed by atoms with van der Waals surface area (Å²) in [5.74, 6) is 0.197. The van der Waals surface area contributed by atoms with Gasteiger partial charge >= 0.3 is 12.0 Å². The van der Waals surface area contributed by atoms with Gasteiger partial charge in [0.2, 0.25) is 5.91 Å². The van der Waals surface area contributed by atoms with E-state index >= 15 is 0 Å². The molecule has 0 radical (unpaired) electrons. The van der Waals surface area contributed by atoms with Crippen LogP contribution < -0.4 is 11.1 Å². The molecular formula is C12H21N3O4S. The lowest BCUT2D eigenvalue weighted by Crippen LogP contribution is -2.64. The molecule has 1 saturated heterocycles. The van der Waals surface area contributed by atoms with E-state index in [0.717, 1.165) is 5.75 Å². The van der Waals surface area contributed by atoms with Crippen molar-refractivity contribution in [3.8, 4) is 0 Å². The normalized spacial score (nSPS) is 17.9. The molecule has 0 aromatic heterocycles. The average molecular weight is 303 g/mol. The molecule has 0 aromatic rings. The molecule has 1 aliphatic rings. The van der Waals surface area contributed by atoms with Crippen molar-refractivity contribution in [1.29, 1.82) is 0 Å².